The van der Waals surface area contributed by atoms with E-state index >= 15 is 0 Å². The lowest BCUT2D eigenvalue weighted by Crippen LogP contribution is -2.32. The smallest absolute Gasteiger partial charge is 0.0907 e. The topological polar surface area (TPSA) is 28.2 Å². The summed E-state index contributed by atoms with van der Waals surface area (Å²) in [6.07, 6.45) is 3.79. The van der Waals surface area contributed by atoms with E-state index in [-0.39, 0.29) is 0 Å². The molecule has 1 aliphatic heterocycles. The van der Waals surface area contributed by atoms with Gasteiger partial charge < -0.3 is 10.2 Å². The van der Waals surface area contributed by atoms with Gasteiger partial charge in [-0.2, -0.15) is 0 Å². The highest BCUT2D eigenvalue weighted by molar-refractivity contribution is 7.18. The van der Waals surface area contributed by atoms with Crippen LogP contribution < -0.4 is 5.32 Å². The summed E-state index contributed by atoms with van der Waals surface area (Å²) in [7, 11) is 0. The molecule has 21 heavy (non-hydrogen) atoms. The van der Waals surface area contributed by atoms with Crippen LogP contribution in [0, 0.1) is 6.92 Å². The van der Waals surface area contributed by atoms with E-state index < -0.39 is 0 Å². The van der Waals surface area contributed by atoms with Crippen LogP contribution in [0.1, 0.15) is 38.1 Å². The second-order valence-electron chi connectivity index (χ2n) is 6.32. The minimum Gasteiger partial charge on any atom is -0.382 e. The molecular weight excluding hydrogens is 278 g/mol. The van der Waals surface area contributed by atoms with Gasteiger partial charge in [0.2, 0.25) is 0 Å². The van der Waals surface area contributed by atoms with Crippen molar-refractivity contribution >= 4 is 27.2 Å². The van der Waals surface area contributed by atoms with Crippen molar-refractivity contribution in [1.29, 1.82) is 0 Å². The van der Waals surface area contributed by atoms with Gasteiger partial charge in [-0.15, -0.1) is 11.3 Å². The molecule has 114 valence electrons. The minimum absolute atomic E-state index is 0.597. The van der Waals surface area contributed by atoms with Crippen molar-refractivity contribution in [2.24, 2.45) is 0 Å². The lowest BCUT2D eigenvalue weighted by Gasteiger charge is -2.24. The molecule has 0 spiro atoms. The average molecular weight is 303 g/mol. The van der Waals surface area contributed by atoms with Crippen LogP contribution in [-0.2, 0) is 0 Å². The molecule has 3 rings (SSSR count). The monoisotopic (exact) mass is 303 g/mol. The summed E-state index contributed by atoms with van der Waals surface area (Å²) in [6.45, 7) is 9.12. The molecule has 1 aromatic heterocycles. The zero-order valence-electron chi connectivity index (χ0n) is 13.2. The lowest BCUT2D eigenvalue weighted by atomic mass is 10.1. The molecule has 0 saturated carbocycles. The molecule has 0 bridgehead atoms. The zero-order chi connectivity index (χ0) is 14.8. The molecule has 1 unspecified atom stereocenters. The van der Waals surface area contributed by atoms with Crippen LogP contribution in [0.3, 0.4) is 0 Å². The maximum absolute atomic E-state index is 4.53. The van der Waals surface area contributed by atoms with Crippen LogP contribution in [0.4, 0.5) is 5.69 Å². The highest BCUT2D eigenvalue weighted by atomic mass is 32.1. The summed E-state index contributed by atoms with van der Waals surface area (Å²) < 4.78 is 1.29. The maximum Gasteiger partial charge on any atom is 0.0907 e. The van der Waals surface area contributed by atoms with E-state index in [1.807, 2.05) is 0 Å². The predicted octanol–water partition coefficient (Wildman–Crippen LogP) is 4.28. The first-order chi connectivity index (χ1) is 10.1. The van der Waals surface area contributed by atoms with Gasteiger partial charge >= 0.3 is 0 Å². The van der Waals surface area contributed by atoms with E-state index in [4.69, 9.17) is 0 Å². The molecule has 0 aliphatic carbocycles. The van der Waals surface area contributed by atoms with Crippen molar-refractivity contribution in [3.8, 4) is 0 Å². The number of hydrogen-bond acceptors (Lipinski definition) is 4. The summed E-state index contributed by atoms with van der Waals surface area (Å²) >= 11 is 1.78. The van der Waals surface area contributed by atoms with Gasteiger partial charge in [-0.3, -0.25) is 0 Å². The first kappa shape index (κ1) is 14.8. The molecule has 1 saturated heterocycles. The fourth-order valence-corrected chi connectivity index (χ4v) is 4.01. The summed E-state index contributed by atoms with van der Waals surface area (Å²) in [5.74, 6) is 0. The van der Waals surface area contributed by atoms with Crippen molar-refractivity contribution < 1.29 is 0 Å². The number of rotatable bonds is 3. The molecule has 1 fully saturated rings. The Morgan fingerprint density at radius 1 is 1.29 bits per heavy atom. The van der Waals surface area contributed by atoms with E-state index in [0.29, 0.717) is 12.1 Å². The maximum atomic E-state index is 4.53. The van der Waals surface area contributed by atoms with Crippen molar-refractivity contribution in [3.63, 3.8) is 0 Å². The van der Waals surface area contributed by atoms with E-state index in [0.717, 1.165) is 10.5 Å². The quantitative estimate of drug-likeness (QED) is 0.917. The number of likely N-dealkylation sites (tertiary alicyclic amines) is 1. The van der Waals surface area contributed by atoms with Gasteiger partial charge in [0.15, 0.2) is 0 Å². The number of aromatic nitrogens is 1. The molecular formula is C17H25N3S. The number of thiazole rings is 1. The van der Waals surface area contributed by atoms with Gasteiger partial charge in [0, 0.05) is 24.3 Å². The van der Waals surface area contributed by atoms with Gasteiger partial charge in [0.25, 0.3) is 0 Å². The van der Waals surface area contributed by atoms with Crippen LogP contribution in [-0.4, -0.2) is 35.1 Å². The second kappa shape index (κ2) is 6.32. The second-order valence-corrected chi connectivity index (χ2v) is 7.55. The molecule has 0 radical (unpaired) electrons. The summed E-state index contributed by atoms with van der Waals surface area (Å²) in [5, 5.41) is 4.88. The molecule has 1 aromatic carbocycles. The third-order valence-corrected chi connectivity index (χ3v) is 5.29. The normalized spacial score (nSPS) is 20.9. The van der Waals surface area contributed by atoms with E-state index in [1.165, 1.54) is 42.7 Å². The Kier molecular flexibility index (Phi) is 4.45. The Balaban J connectivity index is 1.67. The number of nitrogens with one attached hydrogen (secondary N) is 1. The summed E-state index contributed by atoms with van der Waals surface area (Å²) in [4.78, 5) is 7.12. The Bertz CT molecular complexity index is 605. The standard InChI is InChI=1S/C17H25N3S/c1-12(2)20-9-4-5-14(8-10-20)19-15-6-7-16-17(11-15)21-13(3)18-16/h6-7,11-12,14,19H,4-5,8-10H2,1-3H3. The zero-order valence-corrected chi connectivity index (χ0v) is 14.0. The Morgan fingerprint density at radius 3 is 2.95 bits per heavy atom. The minimum atomic E-state index is 0.597. The van der Waals surface area contributed by atoms with Gasteiger partial charge in [0.05, 0.1) is 15.2 Å². The Morgan fingerprint density at radius 2 is 2.14 bits per heavy atom. The van der Waals surface area contributed by atoms with Crippen LogP contribution in [0.5, 0.6) is 0 Å². The van der Waals surface area contributed by atoms with Gasteiger partial charge in [0.1, 0.15) is 0 Å². The van der Waals surface area contributed by atoms with Crippen molar-refractivity contribution in [1.82, 2.24) is 9.88 Å². The van der Waals surface area contributed by atoms with Crippen LogP contribution in [0.25, 0.3) is 10.2 Å². The molecule has 3 nitrogen and oxygen atoms in total. The summed E-state index contributed by atoms with van der Waals surface area (Å²) in [6, 6.07) is 7.83. The van der Waals surface area contributed by atoms with Crippen LogP contribution in [0.15, 0.2) is 18.2 Å². The van der Waals surface area contributed by atoms with Crippen LogP contribution in [0.2, 0.25) is 0 Å². The van der Waals surface area contributed by atoms with Crippen molar-refractivity contribution in [3.05, 3.63) is 23.2 Å². The fraction of sp³-hybridized carbons (Fsp3) is 0.588. The first-order valence-corrected chi connectivity index (χ1v) is 8.81. The Hall–Kier alpha value is -1.13. The lowest BCUT2D eigenvalue weighted by molar-refractivity contribution is 0.230. The number of benzene rings is 1. The molecule has 0 amide bonds. The van der Waals surface area contributed by atoms with E-state index in [9.17, 15) is 0 Å². The van der Waals surface area contributed by atoms with E-state index in [1.54, 1.807) is 11.3 Å². The molecule has 2 heterocycles. The Labute approximate surface area is 131 Å². The molecule has 1 N–H and O–H groups in total. The summed E-state index contributed by atoms with van der Waals surface area (Å²) in [5.41, 5.74) is 2.36. The fourth-order valence-electron chi connectivity index (χ4n) is 3.14. The number of anilines is 1. The van der Waals surface area contributed by atoms with Gasteiger partial charge in [-0.25, -0.2) is 4.98 Å². The highest BCUT2D eigenvalue weighted by Gasteiger charge is 2.18. The predicted molar refractivity (Wildman–Crippen MR) is 92.3 cm³/mol. The number of fused-ring (bicyclic) bond motifs is 1. The number of nitrogens with zero attached hydrogens (tertiary/aromatic N) is 2. The van der Waals surface area contributed by atoms with E-state index in [2.05, 4.69) is 54.2 Å². The largest absolute Gasteiger partial charge is 0.382 e. The number of aryl methyl sites for hydroxylation is 1. The number of hydrogen-bond donors (Lipinski definition) is 1. The van der Waals surface area contributed by atoms with Gasteiger partial charge in [-0.05, 0) is 64.8 Å². The third kappa shape index (κ3) is 3.55. The first-order valence-electron chi connectivity index (χ1n) is 7.99. The molecule has 2 aromatic rings. The SMILES string of the molecule is Cc1nc2ccc(NC3CCCN(C(C)C)CC3)cc2s1. The molecule has 1 aliphatic rings. The molecule has 4 heteroatoms. The molecule has 1 atom stereocenters. The van der Waals surface area contributed by atoms with Gasteiger partial charge in [-0.1, -0.05) is 0 Å². The van der Waals surface area contributed by atoms with Crippen molar-refractivity contribution in [2.75, 3.05) is 18.4 Å². The highest BCUT2D eigenvalue weighted by Crippen LogP contribution is 2.26. The van der Waals surface area contributed by atoms with Crippen molar-refractivity contribution in [2.45, 2.75) is 52.1 Å². The third-order valence-electron chi connectivity index (χ3n) is 4.36. The average Bonchev–Trinajstić information content (AvgIpc) is 2.65. The van der Waals surface area contributed by atoms with Crippen LogP contribution >= 0.6 is 11.3 Å².